The van der Waals surface area contributed by atoms with Crippen molar-refractivity contribution in [3.63, 3.8) is 0 Å². The van der Waals surface area contributed by atoms with E-state index in [1.165, 1.54) is 38.5 Å². The lowest BCUT2D eigenvalue weighted by atomic mass is 9.85. The number of halogens is 3. The van der Waals surface area contributed by atoms with E-state index in [0.717, 1.165) is 29.7 Å². The molecule has 0 saturated heterocycles. The van der Waals surface area contributed by atoms with E-state index in [1.807, 2.05) is 12.3 Å². The molecule has 4 N–H and O–H groups in total. The minimum absolute atomic E-state index is 0.193. The molecule has 0 radical (unpaired) electrons. The van der Waals surface area contributed by atoms with Gasteiger partial charge in [0.2, 0.25) is 5.95 Å². The normalized spacial score (nSPS) is 14.0. The maximum Gasteiger partial charge on any atom is 0.490 e. The predicted octanol–water partition coefficient (Wildman–Crippen LogP) is 3.96. The van der Waals surface area contributed by atoms with Crippen LogP contribution in [0.15, 0.2) is 35.4 Å². The zero-order valence-electron chi connectivity index (χ0n) is 18.8. The van der Waals surface area contributed by atoms with Crippen molar-refractivity contribution in [2.75, 3.05) is 30.5 Å². The number of carboxylic acid groups (broad SMARTS) is 1. The number of aromatic nitrogens is 3. The van der Waals surface area contributed by atoms with Gasteiger partial charge in [-0.05, 0) is 37.0 Å². The van der Waals surface area contributed by atoms with Crippen molar-refractivity contribution in [3.8, 4) is 5.75 Å². The number of aromatic amines is 1. The second-order valence-electron chi connectivity index (χ2n) is 7.88. The number of hydrogen-bond acceptors (Lipinski definition) is 8. The van der Waals surface area contributed by atoms with Crippen LogP contribution in [0.5, 0.6) is 5.75 Å². The van der Waals surface area contributed by atoms with Crippen molar-refractivity contribution in [3.05, 3.63) is 30.5 Å². The van der Waals surface area contributed by atoms with Crippen LogP contribution in [0.3, 0.4) is 0 Å². The van der Waals surface area contributed by atoms with Crippen molar-refractivity contribution in [2.24, 2.45) is 5.92 Å². The molecule has 0 bridgehead atoms. The number of ether oxygens (including phenoxy) is 1. The first-order valence-corrected chi connectivity index (χ1v) is 12.3. The lowest BCUT2D eigenvalue weighted by Crippen LogP contribution is -2.21. The van der Waals surface area contributed by atoms with Crippen LogP contribution in [0, 0.1) is 5.92 Å². The number of nitrogens with zero attached hydrogens (tertiary/aromatic N) is 2. The van der Waals surface area contributed by atoms with Crippen LogP contribution >= 0.6 is 0 Å². The molecule has 14 heteroatoms. The van der Waals surface area contributed by atoms with Gasteiger partial charge in [0.1, 0.15) is 17.2 Å². The van der Waals surface area contributed by atoms with Crippen LogP contribution in [-0.2, 0) is 14.6 Å². The molecular weight excluding hydrogens is 491 g/mol. The monoisotopic (exact) mass is 515 g/mol. The van der Waals surface area contributed by atoms with Gasteiger partial charge in [-0.1, -0.05) is 6.42 Å². The fraction of sp³-hybridized carbons (Fsp3) is 0.381. The quantitative estimate of drug-likeness (QED) is 0.367. The van der Waals surface area contributed by atoms with E-state index in [1.54, 1.807) is 6.07 Å². The standard InChI is InChI=1S/C19H23N5O3S.C2HF3O2/c1-27-16-10-13(28(2,25)26)6-7-15(16)22-19-23-17-14(8-9-20-17)18(24-19)21-11-12-4-3-5-12;3-2(4,5)1(6)7/h6-10,12H,3-5,11H2,1-2H3,(H3,20,21,22,23,24);(H,6,7). The molecule has 10 nitrogen and oxygen atoms in total. The Morgan fingerprint density at radius 1 is 1.26 bits per heavy atom. The molecule has 0 atom stereocenters. The van der Waals surface area contributed by atoms with Gasteiger partial charge in [-0.2, -0.15) is 23.1 Å². The molecule has 0 spiro atoms. The summed E-state index contributed by atoms with van der Waals surface area (Å²) in [6, 6.07) is 6.62. The van der Waals surface area contributed by atoms with Crippen LogP contribution in [0.4, 0.5) is 30.6 Å². The van der Waals surface area contributed by atoms with Crippen LogP contribution in [0.25, 0.3) is 11.0 Å². The van der Waals surface area contributed by atoms with Gasteiger partial charge in [0.25, 0.3) is 0 Å². The molecule has 1 saturated carbocycles. The molecule has 1 aliphatic rings. The summed E-state index contributed by atoms with van der Waals surface area (Å²) in [5.41, 5.74) is 1.31. The molecule has 4 rings (SSSR count). The Morgan fingerprint density at radius 2 is 1.94 bits per heavy atom. The van der Waals surface area contributed by atoms with Gasteiger partial charge < -0.3 is 25.5 Å². The molecule has 1 aliphatic carbocycles. The summed E-state index contributed by atoms with van der Waals surface area (Å²) in [6.45, 7) is 0.892. The smallest absolute Gasteiger partial charge is 0.490 e. The average Bonchev–Trinajstić information content (AvgIpc) is 3.20. The number of alkyl halides is 3. The Bertz CT molecular complexity index is 1310. The van der Waals surface area contributed by atoms with Crippen LogP contribution in [-0.4, -0.2) is 60.5 Å². The molecular formula is C21H24F3N5O5S. The number of carboxylic acids is 1. The van der Waals surface area contributed by atoms with Crippen molar-refractivity contribution in [1.82, 2.24) is 15.0 Å². The molecule has 0 amide bonds. The van der Waals surface area contributed by atoms with E-state index in [9.17, 15) is 21.6 Å². The number of nitrogens with one attached hydrogen (secondary N) is 3. The van der Waals surface area contributed by atoms with Crippen molar-refractivity contribution in [1.29, 1.82) is 0 Å². The highest BCUT2D eigenvalue weighted by molar-refractivity contribution is 7.90. The summed E-state index contributed by atoms with van der Waals surface area (Å²) < 4.78 is 60.6. The van der Waals surface area contributed by atoms with Crippen LogP contribution < -0.4 is 15.4 Å². The third-order valence-electron chi connectivity index (χ3n) is 5.29. The van der Waals surface area contributed by atoms with E-state index >= 15 is 0 Å². The summed E-state index contributed by atoms with van der Waals surface area (Å²) >= 11 is 0. The Kier molecular flexibility index (Phi) is 7.73. The maximum atomic E-state index is 11.8. The molecule has 35 heavy (non-hydrogen) atoms. The largest absolute Gasteiger partial charge is 0.495 e. The molecule has 2 heterocycles. The fourth-order valence-corrected chi connectivity index (χ4v) is 3.83. The topological polar surface area (TPSA) is 146 Å². The molecule has 0 aliphatic heterocycles. The lowest BCUT2D eigenvalue weighted by Gasteiger charge is -2.25. The molecule has 0 unspecified atom stereocenters. The Labute approximate surface area is 198 Å². The van der Waals surface area contributed by atoms with E-state index in [2.05, 4.69) is 25.6 Å². The van der Waals surface area contributed by atoms with Gasteiger partial charge in [-0.15, -0.1) is 0 Å². The Hall–Kier alpha value is -3.55. The number of rotatable bonds is 7. The Balaban J connectivity index is 0.000000429. The first kappa shape index (κ1) is 26.1. The Morgan fingerprint density at radius 3 is 2.49 bits per heavy atom. The average molecular weight is 516 g/mol. The highest BCUT2D eigenvalue weighted by Gasteiger charge is 2.38. The van der Waals surface area contributed by atoms with Gasteiger partial charge in [-0.3, -0.25) is 0 Å². The van der Waals surface area contributed by atoms with Crippen molar-refractivity contribution in [2.45, 2.75) is 30.3 Å². The maximum absolute atomic E-state index is 11.8. The third kappa shape index (κ3) is 6.74. The highest BCUT2D eigenvalue weighted by atomic mass is 32.2. The number of carbonyl (C=O) groups is 1. The zero-order chi connectivity index (χ0) is 25.8. The summed E-state index contributed by atoms with van der Waals surface area (Å²) in [6.07, 6.45) is 1.72. The first-order chi connectivity index (χ1) is 16.4. The summed E-state index contributed by atoms with van der Waals surface area (Å²) in [7, 11) is -1.83. The number of H-pyrrole nitrogens is 1. The minimum atomic E-state index is -5.08. The summed E-state index contributed by atoms with van der Waals surface area (Å²) in [5, 5.41) is 14.6. The van der Waals surface area contributed by atoms with Gasteiger partial charge in [0.05, 0.1) is 23.1 Å². The number of aliphatic carboxylic acids is 1. The predicted molar refractivity (Wildman–Crippen MR) is 123 cm³/mol. The third-order valence-corrected chi connectivity index (χ3v) is 6.40. The van der Waals surface area contributed by atoms with E-state index in [-0.39, 0.29) is 4.90 Å². The van der Waals surface area contributed by atoms with Crippen molar-refractivity contribution < 1.29 is 36.2 Å². The lowest BCUT2D eigenvalue weighted by molar-refractivity contribution is -0.192. The number of sulfone groups is 1. The summed E-state index contributed by atoms with van der Waals surface area (Å²) in [4.78, 5) is 21.3. The first-order valence-electron chi connectivity index (χ1n) is 10.4. The number of methoxy groups -OCH3 is 1. The van der Waals surface area contributed by atoms with Gasteiger partial charge >= 0.3 is 12.1 Å². The van der Waals surface area contributed by atoms with Crippen LogP contribution in [0.1, 0.15) is 19.3 Å². The molecule has 2 aromatic heterocycles. The fourth-order valence-electron chi connectivity index (χ4n) is 3.20. The second kappa shape index (κ2) is 10.4. The van der Waals surface area contributed by atoms with Gasteiger partial charge in [0.15, 0.2) is 9.84 Å². The number of benzene rings is 1. The van der Waals surface area contributed by atoms with Crippen LogP contribution in [0.2, 0.25) is 0 Å². The van der Waals surface area contributed by atoms with Gasteiger partial charge in [0, 0.05) is 25.1 Å². The summed E-state index contributed by atoms with van der Waals surface area (Å²) in [5.74, 6) is -0.484. The van der Waals surface area contributed by atoms with E-state index in [0.29, 0.717) is 23.3 Å². The molecule has 3 aromatic rings. The molecule has 1 aromatic carbocycles. The number of anilines is 3. The SMILES string of the molecule is COc1cc(S(C)(=O)=O)ccc1Nc1nc(NCC2CCC2)c2cc[nH]c2n1.O=C(O)C(F)(F)F. The molecule has 190 valence electrons. The number of hydrogen-bond donors (Lipinski definition) is 4. The zero-order valence-corrected chi connectivity index (χ0v) is 19.6. The van der Waals surface area contributed by atoms with E-state index in [4.69, 9.17) is 14.6 Å². The highest BCUT2D eigenvalue weighted by Crippen LogP contribution is 2.31. The number of fused-ring (bicyclic) bond motifs is 1. The van der Waals surface area contributed by atoms with Gasteiger partial charge in [-0.25, -0.2) is 13.2 Å². The minimum Gasteiger partial charge on any atom is -0.495 e. The van der Waals surface area contributed by atoms with Crippen molar-refractivity contribution >= 4 is 44.3 Å². The van der Waals surface area contributed by atoms with E-state index < -0.39 is 22.0 Å². The second-order valence-corrected chi connectivity index (χ2v) is 9.89. The molecule has 1 fully saturated rings.